The Balaban J connectivity index is 1.41. The number of nitrogens with zero attached hydrogens (tertiary/aromatic N) is 3. The molecule has 9 nitrogen and oxygen atoms in total. The molecule has 1 saturated heterocycles. The van der Waals surface area contributed by atoms with Crippen LogP contribution in [-0.4, -0.2) is 58.9 Å². The van der Waals surface area contributed by atoms with E-state index in [0.29, 0.717) is 54.9 Å². The minimum Gasteiger partial charge on any atom is -0.379 e. The van der Waals surface area contributed by atoms with E-state index in [1.54, 1.807) is 4.68 Å². The van der Waals surface area contributed by atoms with E-state index < -0.39 is 26.7 Å². The minimum absolute atomic E-state index is 0.131. The van der Waals surface area contributed by atoms with Crippen LogP contribution < -0.4 is 5.32 Å². The molecule has 33 heavy (non-hydrogen) atoms. The first-order valence-electron chi connectivity index (χ1n) is 10.4. The number of carbonyl (C=O) groups is 1. The fourth-order valence-electron chi connectivity index (χ4n) is 3.91. The van der Waals surface area contributed by atoms with Gasteiger partial charge in [0.15, 0.2) is 0 Å². The second-order valence-electron chi connectivity index (χ2n) is 7.74. The molecule has 2 aromatic carbocycles. The van der Waals surface area contributed by atoms with Crippen molar-refractivity contribution in [3.63, 3.8) is 0 Å². The molecule has 2 aliphatic rings. The second-order valence-corrected chi connectivity index (χ2v) is 11.1. The Bertz CT molecular complexity index is 1310. The molecule has 0 radical (unpaired) electrons. The molecule has 11 heteroatoms. The molecule has 3 aromatic rings. The van der Waals surface area contributed by atoms with Gasteiger partial charge in [0, 0.05) is 35.0 Å². The van der Waals surface area contributed by atoms with Crippen LogP contribution in [0.4, 0.5) is 5.82 Å². The molecule has 1 atom stereocenters. The molecule has 0 saturated carbocycles. The number of para-hydroxylation sites is 1. The summed E-state index contributed by atoms with van der Waals surface area (Å²) in [4.78, 5) is 13.2. The standard InChI is InChI=1S/C22H22N4O5S2/c27-22(16-6-8-18(9-7-16)33(29,30)25-10-12-31-13-11-25)23-21-19-14-32(28)15-20(19)24-26(21)17-4-2-1-3-5-17/h1-9H,10-15H2,(H,23,27)/t32-/m1/s1. The first kappa shape index (κ1) is 22.0. The molecule has 2 aliphatic heterocycles. The average Bonchev–Trinajstić information content (AvgIpc) is 3.37. The molecular formula is C22H22N4O5S2. The van der Waals surface area contributed by atoms with Crippen LogP contribution in [0.2, 0.25) is 0 Å². The molecule has 0 aliphatic carbocycles. The van der Waals surface area contributed by atoms with Gasteiger partial charge in [-0.05, 0) is 36.4 Å². The van der Waals surface area contributed by atoms with Gasteiger partial charge >= 0.3 is 0 Å². The lowest BCUT2D eigenvalue weighted by molar-refractivity contribution is 0.0730. The number of nitrogens with one attached hydrogen (secondary N) is 1. The highest BCUT2D eigenvalue weighted by molar-refractivity contribution is 7.89. The minimum atomic E-state index is -3.64. The largest absolute Gasteiger partial charge is 0.379 e. The number of benzene rings is 2. The number of hydrogen-bond donors (Lipinski definition) is 1. The van der Waals surface area contributed by atoms with Crippen molar-refractivity contribution in [2.75, 3.05) is 31.6 Å². The monoisotopic (exact) mass is 486 g/mol. The van der Waals surface area contributed by atoms with E-state index in [0.717, 1.165) is 11.3 Å². The summed E-state index contributed by atoms with van der Waals surface area (Å²) in [6.45, 7) is 1.34. The lowest BCUT2D eigenvalue weighted by atomic mass is 10.2. The number of ether oxygens (including phenoxy) is 1. The number of amides is 1. The molecule has 0 spiro atoms. The Morgan fingerprint density at radius 1 is 1.00 bits per heavy atom. The summed E-state index contributed by atoms with van der Waals surface area (Å²) in [5.74, 6) is 0.764. The maximum absolute atomic E-state index is 13.0. The number of fused-ring (bicyclic) bond motifs is 1. The number of hydrogen-bond acceptors (Lipinski definition) is 6. The Hall–Kier alpha value is -2.86. The maximum atomic E-state index is 13.0. The van der Waals surface area contributed by atoms with E-state index >= 15 is 0 Å². The van der Waals surface area contributed by atoms with Gasteiger partial charge < -0.3 is 10.1 Å². The van der Waals surface area contributed by atoms with Crippen LogP contribution in [0.15, 0.2) is 59.5 Å². The highest BCUT2D eigenvalue weighted by atomic mass is 32.2. The maximum Gasteiger partial charge on any atom is 0.256 e. The van der Waals surface area contributed by atoms with Crippen LogP contribution in [0, 0.1) is 0 Å². The first-order chi connectivity index (χ1) is 15.9. The number of rotatable bonds is 5. The van der Waals surface area contributed by atoms with Crippen molar-refractivity contribution in [2.45, 2.75) is 16.4 Å². The summed E-state index contributed by atoms with van der Waals surface area (Å²) in [6.07, 6.45) is 0. The highest BCUT2D eigenvalue weighted by Gasteiger charge is 2.29. The topological polar surface area (TPSA) is 111 Å². The molecule has 1 fully saturated rings. The van der Waals surface area contributed by atoms with Gasteiger partial charge in [0.05, 0.1) is 41.0 Å². The van der Waals surface area contributed by atoms with Crippen molar-refractivity contribution in [1.82, 2.24) is 14.1 Å². The van der Waals surface area contributed by atoms with Crippen molar-refractivity contribution < 1.29 is 22.2 Å². The van der Waals surface area contributed by atoms with Gasteiger partial charge in [-0.3, -0.25) is 9.00 Å². The Morgan fingerprint density at radius 2 is 1.70 bits per heavy atom. The summed E-state index contributed by atoms with van der Waals surface area (Å²) in [5, 5.41) is 7.47. The van der Waals surface area contributed by atoms with Gasteiger partial charge in [-0.15, -0.1) is 0 Å². The van der Waals surface area contributed by atoms with E-state index in [4.69, 9.17) is 4.74 Å². The lowest BCUT2D eigenvalue weighted by Crippen LogP contribution is -2.40. The van der Waals surface area contributed by atoms with E-state index in [9.17, 15) is 17.4 Å². The van der Waals surface area contributed by atoms with Crippen molar-refractivity contribution in [2.24, 2.45) is 0 Å². The molecule has 0 unspecified atom stereocenters. The third-order valence-corrected chi connectivity index (χ3v) is 8.75. The van der Waals surface area contributed by atoms with E-state index in [2.05, 4.69) is 10.4 Å². The molecule has 5 rings (SSSR count). The van der Waals surface area contributed by atoms with Crippen LogP contribution in [0.1, 0.15) is 21.6 Å². The fourth-order valence-corrected chi connectivity index (χ4v) is 6.58. The Kier molecular flexibility index (Phi) is 5.87. The third-order valence-electron chi connectivity index (χ3n) is 5.63. The Morgan fingerprint density at radius 3 is 2.39 bits per heavy atom. The molecular weight excluding hydrogens is 464 g/mol. The second kappa shape index (κ2) is 8.82. The van der Waals surface area contributed by atoms with Crippen LogP contribution in [0.25, 0.3) is 5.69 Å². The van der Waals surface area contributed by atoms with Crippen molar-refractivity contribution >= 4 is 32.5 Å². The molecule has 1 aromatic heterocycles. The number of carbonyl (C=O) groups excluding carboxylic acids is 1. The number of anilines is 1. The third kappa shape index (κ3) is 4.24. The molecule has 0 bridgehead atoms. The van der Waals surface area contributed by atoms with Crippen LogP contribution in [-0.2, 0) is 37.1 Å². The van der Waals surface area contributed by atoms with E-state index in [1.165, 1.54) is 28.6 Å². The van der Waals surface area contributed by atoms with Crippen molar-refractivity contribution in [3.05, 3.63) is 71.4 Å². The fraction of sp³-hybridized carbons (Fsp3) is 0.273. The van der Waals surface area contributed by atoms with Crippen LogP contribution in [0.3, 0.4) is 0 Å². The smallest absolute Gasteiger partial charge is 0.256 e. The zero-order valence-corrected chi connectivity index (χ0v) is 19.3. The van der Waals surface area contributed by atoms with Crippen LogP contribution in [0.5, 0.6) is 0 Å². The first-order valence-corrected chi connectivity index (χ1v) is 13.4. The van der Waals surface area contributed by atoms with Gasteiger partial charge in [0.25, 0.3) is 5.91 Å². The number of morpholine rings is 1. The van der Waals surface area contributed by atoms with Gasteiger partial charge in [0.2, 0.25) is 10.0 Å². The quantitative estimate of drug-likeness (QED) is 0.590. The SMILES string of the molecule is O=C(Nc1c2c(nn1-c1ccccc1)C[S@](=O)C2)c1ccc(S(=O)(=O)N2CCOCC2)cc1. The summed E-state index contributed by atoms with van der Waals surface area (Å²) < 4.78 is 45.9. The van der Waals surface area contributed by atoms with Gasteiger partial charge in [0.1, 0.15) is 5.82 Å². The number of aromatic nitrogens is 2. The average molecular weight is 487 g/mol. The van der Waals surface area contributed by atoms with Gasteiger partial charge in [-0.2, -0.15) is 9.40 Å². The van der Waals surface area contributed by atoms with Crippen molar-refractivity contribution in [3.8, 4) is 5.69 Å². The van der Waals surface area contributed by atoms with E-state index in [-0.39, 0.29) is 4.90 Å². The van der Waals surface area contributed by atoms with E-state index in [1.807, 2.05) is 30.3 Å². The predicted octanol–water partition coefficient (Wildman–Crippen LogP) is 1.91. The lowest BCUT2D eigenvalue weighted by Gasteiger charge is -2.26. The van der Waals surface area contributed by atoms with Gasteiger partial charge in [-0.25, -0.2) is 13.1 Å². The zero-order valence-electron chi connectivity index (χ0n) is 17.6. The summed E-state index contributed by atoms with van der Waals surface area (Å²) in [7, 11) is -4.68. The van der Waals surface area contributed by atoms with Crippen molar-refractivity contribution in [1.29, 1.82) is 0 Å². The molecule has 172 valence electrons. The molecule has 1 N–H and O–H groups in total. The van der Waals surface area contributed by atoms with Crippen LogP contribution >= 0.6 is 0 Å². The number of sulfonamides is 1. The Labute approximate surface area is 193 Å². The normalized spacial score (nSPS) is 18.7. The summed E-state index contributed by atoms with van der Waals surface area (Å²) >= 11 is 0. The van der Waals surface area contributed by atoms with Gasteiger partial charge in [-0.1, -0.05) is 18.2 Å². The molecule has 3 heterocycles. The highest BCUT2D eigenvalue weighted by Crippen LogP contribution is 2.31. The molecule has 1 amide bonds. The zero-order chi connectivity index (χ0) is 23.0. The summed E-state index contributed by atoms with van der Waals surface area (Å²) in [6, 6.07) is 15.2. The summed E-state index contributed by atoms with van der Waals surface area (Å²) in [5.41, 5.74) is 2.56. The predicted molar refractivity (Wildman–Crippen MR) is 123 cm³/mol.